The Hall–Kier alpha value is -1.42. The smallest absolute Gasteiger partial charge is 0.266 e. The molecule has 4 rings (SSSR count). The molecule has 2 aliphatic rings. The van der Waals surface area contributed by atoms with Gasteiger partial charge in [0.15, 0.2) is 5.13 Å². The van der Waals surface area contributed by atoms with E-state index in [0.29, 0.717) is 17.4 Å². The van der Waals surface area contributed by atoms with Crippen LogP contribution >= 0.6 is 22.9 Å². The van der Waals surface area contributed by atoms with Crippen LogP contribution in [0.5, 0.6) is 0 Å². The molecule has 2 aromatic rings. The molecule has 0 radical (unpaired) electrons. The van der Waals surface area contributed by atoms with Crippen molar-refractivity contribution in [3.05, 3.63) is 34.0 Å². The predicted octanol–water partition coefficient (Wildman–Crippen LogP) is 4.86. The van der Waals surface area contributed by atoms with Crippen LogP contribution in [-0.4, -0.2) is 43.5 Å². The molecule has 2 fully saturated rings. The van der Waals surface area contributed by atoms with E-state index in [9.17, 15) is 12.8 Å². The largest absolute Gasteiger partial charge is 0.379 e. The van der Waals surface area contributed by atoms with Gasteiger partial charge in [-0.1, -0.05) is 24.4 Å². The standard InChI is InChI=1S/C20H26ClFN4O2S2/c1-13-12-29-20(23-13)25-30(27,28)19-10-14(21)17(11-15(19)22)24-16-6-2-3-7-18(16)26-8-4-5-9-26/h10-12,16,18,24H,2-9H2,1H3,(H,23,25)/t16-,18-/m0/s1. The normalized spacial score (nSPS) is 22.9. The Morgan fingerprint density at radius 3 is 2.63 bits per heavy atom. The van der Waals surface area contributed by atoms with Crippen molar-refractivity contribution in [2.45, 2.75) is 62.4 Å². The van der Waals surface area contributed by atoms with Crippen LogP contribution in [0.15, 0.2) is 22.4 Å². The molecule has 1 aromatic heterocycles. The molecule has 6 nitrogen and oxygen atoms in total. The molecule has 1 saturated heterocycles. The summed E-state index contributed by atoms with van der Waals surface area (Å²) < 4.78 is 42.4. The lowest BCUT2D eigenvalue weighted by Crippen LogP contribution is -2.47. The van der Waals surface area contributed by atoms with E-state index in [0.717, 1.165) is 43.7 Å². The number of hydrogen-bond donors (Lipinski definition) is 2. The van der Waals surface area contributed by atoms with E-state index in [-0.39, 0.29) is 16.2 Å². The lowest BCUT2D eigenvalue weighted by molar-refractivity contribution is 0.177. The lowest BCUT2D eigenvalue weighted by Gasteiger charge is -2.39. The molecule has 1 aliphatic carbocycles. The second-order valence-electron chi connectivity index (χ2n) is 8.01. The van der Waals surface area contributed by atoms with Crippen molar-refractivity contribution < 1.29 is 12.8 Å². The molecular weight excluding hydrogens is 447 g/mol. The third-order valence-corrected chi connectivity index (χ3v) is 8.50. The van der Waals surface area contributed by atoms with E-state index in [1.807, 2.05) is 0 Å². The van der Waals surface area contributed by atoms with Gasteiger partial charge in [0.1, 0.15) is 10.7 Å². The molecule has 0 spiro atoms. The van der Waals surface area contributed by atoms with Crippen LogP contribution in [0.2, 0.25) is 5.02 Å². The van der Waals surface area contributed by atoms with Crippen molar-refractivity contribution >= 4 is 43.8 Å². The van der Waals surface area contributed by atoms with Crippen LogP contribution in [-0.2, 0) is 10.0 Å². The summed E-state index contributed by atoms with van der Waals surface area (Å²) in [5, 5.41) is 5.51. The number of anilines is 2. The summed E-state index contributed by atoms with van der Waals surface area (Å²) in [6, 6.07) is 2.95. The molecule has 1 aromatic carbocycles. The van der Waals surface area contributed by atoms with Gasteiger partial charge in [0.2, 0.25) is 0 Å². The van der Waals surface area contributed by atoms with Gasteiger partial charge in [-0.05, 0) is 57.8 Å². The predicted molar refractivity (Wildman–Crippen MR) is 120 cm³/mol. The van der Waals surface area contributed by atoms with E-state index < -0.39 is 20.7 Å². The average Bonchev–Trinajstić information content (AvgIpc) is 3.36. The van der Waals surface area contributed by atoms with Crippen molar-refractivity contribution in [3.63, 3.8) is 0 Å². The first kappa shape index (κ1) is 21.8. The zero-order chi connectivity index (χ0) is 21.3. The first-order chi connectivity index (χ1) is 14.3. The summed E-state index contributed by atoms with van der Waals surface area (Å²) >= 11 is 7.54. The summed E-state index contributed by atoms with van der Waals surface area (Å²) in [4.78, 5) is 6.10. The molecule has 0 bridgehead atoms. The number of halogens is 2. The monoisotopic (exact) mass is 472 g/mol. The second-order valence-corrected chi connectivity index (χ2v) is 10.9. The van der Waals surface area contributed by atoms with Gasteiger partial charge in [0.25, 0.3) is 10.0 Å². The van der Waals surface area contributed by atoms with Gasteiger partial charge in [0.05, 0.1) is 16.4 Å². The van der Waals surface area contributed by atoms with Crippen molar-refractivity contribution in [2.24, 2.45) is 0 Å². The number of aromatic nitrogens is 1. The molecule has 1 saturated carbocycles. The Morgan fingerprint density at radius 1 is 1.20 bits per heavy atom. The quantitative estimate of drug-likeness (QED) is 0.627. The summed E-state index contributed by atoms with van der Waals surface area (Å²) in [5.74, 6) is -0.837. The van der Waals surface area contributed by atoms with Crippen LogP contribution in [0.25, 0.3) is 0 Å². The second kappa shape index (κ2) is 8.98. The molecule has 10 heteroatoms. The number of nitrogens with one attached hydrogen (secondary N) is 2. The van der Waals surface area contributed by atoms with Gasteiger partial charge in [-0.25, -0.2) is 17.8 Å². The summed E-state index contributed by atoms with van der Waals surface area (Å²) in [7, 11) is -4.12. The first-order valence-corrected chi connectivity index (χ1v) is 13.0. The highest BCUT2D eigenvalue weighted by atomic mass is 35.5. The van der Waals surface area contributed by atoms with Gasteiger partial charge < -0.3 is 5.32 Å². The van der Waals surface area contributed by atoms with Gasteiger partial charge in [-0.2, -0.15) is 0 Å². The van der Waals surface area contributed by atoms with Gasteiger partial charge in [0, 0.05) is 17.5 Å². The zero-order valence-corrected chi connectivity index (χ0v) is 19.2. The lowest BCUT2D eigenvalue weighted by atomic mass is 9.89. The molecule has 2 N–H and O–H groups in total. The third kappa shape index (κ3) is 4.74. The topological polar surface area (TPSA) is 74.3 Å². The Labute approximate surface area is 185 Å². The van der Waals surface area contributed by atoms with Crippen molar-refractivity contribution in [2.75, 3.05) is 23.1 Å². The molecule has 30 heavy (non-hydrogen) atoms. The summed E-state index contributed by atoms with van der Waals surface area (Å²) in [6.07, 6.45) is 6.85. The molecule has 0 amide bonds. The Morgan fingerprint density at radius 2 is 1.93 bits per heavy atom. The fourth-order valence-corrected chi connectivity index (χ4v) is 6.72. The number of likely N-dealkylation sites (tertiary alicyclic amines) is 1. The highest BCUT2D eigenvalue weighted by molar-refractivity contribution is 7.93. The number of benzene rings is 1. The van der Waals surface area contributed by atoms with Gasteiger partial charge >= 0.3 is 0 Å². The van der Waals surface area contributed by atoms with Crippen LogP contribution < -0.4 is 10.0 Å². The minimum Gasteiger partial charge on any atom is -0.379 e. The Kier molecular flexibility index (Phi) is 6.53. The fraction of sp³-hybridized carbons (Fsp3) is 0.550. The summed E-state index contributed by atoms with van der Waals surface area (Å²) in [5.41, 5.74) is 1.13. The van der Waals surface area contributed by atoms with Crippen molar-refractivity contribution in [1.82, 2.24) is 9.88 Å². The van der Waals surface area contributed by atoms with Crippen molar-refractivity contribution in [1.29, 1.82) is 0 Å². The molecular formula is C20H26ClFN4O2S2. The van der Waals surface area contributed by atoms with Crippen LogP contribution in [0.4, 0.5) is 15.2 Å². The highest BCUT2D eigenvalue weighted by Crippen LogP contribution is 2.33. The Bertz CT molecular complexity index is 1010. The fourth-order valence-electron chi connectivity index (χ4n) is 4.41. The maximum Gasteiger partial charge on any atom is 0.266 e. The van der Waals surface area contributed by atoms with E-state index in [2.05, 4.69) is 19.9 Å². The van der Waals surface area contributed by atoms with Gasteiger partial charge in [-0.3, -0.25) is 9.62 Å². The number of sulfonamides is 1. The SMILES string of the molecule is Cc1csc(NS(=O)(=O)c2cc(Cl)c(N[C@H]3CCCC[C@@H]3N3CCCC3)cc2F)n1. The van der Waals surface area contributed by atoms with Crippen LogP contribution in [0.1, 0.15) is 44.2 Å². The van der Waals surface area contributed by atoms with Gasteiger partial charge in [-0.15, -0.1) is 11.3 Å². The average molecular weight is 473 g/mol. The van der Waals surface area contributed by atoms with Crippen LogP contribution in [0.3, 0.4) is 0 Å². The zero-order valence-electron chi connectivity index (χ0n) is 16.8. The third-order valence-electron chi connectivity index (χ3n) is 5.83. The number of hydrogen-bond acceptors (Lipinski definition) is 6. The summed E-state index contributed by atoms with van der Waals surface area (Å²) in [6.45, 7) is 3.96. The minimum absolute atomic E-state index is 0.174. The minimum atomic E-state index is -4.12. The first-order valence-electron chi connectivity index (χ1n) is 10.3. The molecule has 0 unspecified atom stereocenters. The molecule has 1 aliphatic heterocycles. The van der Waals surface area contributed by atoms with E-state index in [4.69, 9.17) is 11.6 Å². The number of thiazole rings is 1. The maximum atomic E-state index is 14.8. The molecule has 2 heterocycles. The molecule has 164 valence electrons. The molecule has 2 atom stereocenters. The number of nitrogens with zero attached hydrogens (tertiary/aromatic N) is 2. The van der Waals surface area contributed by atoms with Crippen LogP contribution in [0, 0.1) is 12.7 Å². The van der Waals surface area contributed by atoms with E-state index in [1.165, 1.54) is 31.4 Å². The van der Waals surface area contributed by atoms with E-state index >= 15 is 0 Å². The maximum absolute atomic E-state index is 14.8. The number of rotatable bonds is 6. The van der Waals surface area contributed by atoms with Crippen molar-refractivity contribution in [3.8, 4) is 0 Å². The highest BCUT2D eigenvalue weighted by Gasteiger charge is 2.32. The van der Waals surface area contributed by atoms with E-state index in [1.54, 1.807) is 12.3 Å². The Balaban J connectivity index is 1.54. The number of aryl methyl sites for hydroxylation is 1.